The number of carboxylic acid groups (broad SMARTS) is 1. The van der Waals surface area contributed by atoms with Crippen LogP contribution in [0, 0.1) is 5.92 Å². The molecule has 1 fully saturated rings. The van der Waals surface area contributed by atoms with Crippen molar-refractivity contribution in [2.24, 2.45) is 5.92 Å². The number of carbonyl (C=O) groups is 1. The van der Waals surface area contributed by atoms with Crippen LogP contribution >= 0.6 is 0 Å². The first-order valence-electron chi connectivity index (χ1n) is 7.75. The van der Waals surface area contributed by atoms with Gasteiger partial charge >= 0.3 is 5.97 Å². The normalized spacial score (nSPS) is 23.1. The molecule has 112 valence electrons. The summed E-state index contributed by atoms with van der Waals surface area (Å²) >= 11 is 0. The third kappa shape index (κ3) is 5.49. The monoisotopic (exact) mass is 271 g/mol. The molecule has 1 saturated heterocycles. The van der Waals surface area contributed by atoms with E-state index in [1.54, 1.807) is 0 Å². The molecule has 4 heteroatoms. The van der Waals surface area contributed by atoms with Gasteiger partial charge in [-0.15, -0.1) is 0 Å². The number of likely N-dealkylation sites (N-methyl/N-ethyl adjacent to an activating group) is 1. The van der Waals surface area contributed by atoms with Gasteiger partial charge in [0, 0.05) is 6.04 Å². The lowest BCUT2D eigenvalue weighted by Gasteiger charge is -2.29. The number of hydrogen-bond donors (Lipinski definition) is 1. The summed E-state index contributed by atoms with van der Waals surface area (Å²) in [4.78, 5) is 13.5. The molecule has 0 aliphatic carbocycles. The maximum absolute atomic E-state index is 11.2. The van der Waals surface area contributed by atoms with Crippen LogP contribution in [0.4, 0.5) is 0 Å². The van der Waals surface area contributed by atoms with Gasteiger partial charge in [0.25, 0.3) is 0 Å². The Hall–Kier alpha value is -0.610. The van der Waals surface area contributed by atoms with Crippen LogP contribution in [-0.4, -0.2) is 48.3 Å². The Kier molecular flexibility index (Phi) is 8.07. The van der Waals surface area contributed by atoms with E-state index < -0.39 is 5.97 Å². The number of nitrogens with zero attached hydrogens (tertiary/aromatic N) is 1. The van der Waals surface area contributed by atoms with Crippen molar-refractivity contribution in [2.75, 3.05) is 26.3 Å². The van der Waals surface area contributed by atoms with E-state index in [1.165, 1.54) is 38.5 Å². The van der Waals surface area contributed by atoms with E-state index in [2.05, 4.69) is 18.7 Å². The van der Waals surface area contributed by atoms with Gasteiger partial charge in [0.05, 0.1) is 19.1 Å². The van der Waals surface area contributed by atoms with Crippen LogP contribution < -0.4 is 0 Å². The molecule has 2 atom stereocenters. The molecule has 4 nitrogen and oxygen atoms in total. The molecule has 1 N–H and O–H groups in total. The number of rotatable bonds is 10. The van der Waals surface area contributed by atoms with Gasteiger partial charge in [0.2, 0.25) is 0 Å². The van der Waals surface area contributed by atoms with Gasteiger partial charge in [-0.3, -0.25) is 9.69 Å². The maximum Gasteiger partial charge on any atom is 0.310 e. The van der Waals surface area contributed by atoms with E-state index in [0.29, 0.717) is 13.2 Å². The van der Waals surface area contributed by atoms with Crippen LogP contribution in [0.15, 0.2) is 0 Å². The van der Waals surface area contributed by atoms with E-state index in [4.69, 9.17) is 4.74 Å². The molecule has 0 bridgehead atoms. The van der Waals surface area contributed by atoms with Crippen molar-refractivity contribution in [1.29, 1.82) is 0 Å². The third-order valence-electron chi connectivity index (χ3n) is 4.04. The van der Waals surface area contributed by atoms with Crippen molar-refractivity contribution in [2.45, 2.75) is 58.4 Å². The maximum atomic E-state index is 11.2. The van der Waals surface area contributed by atoms with Gasteiger partial charge in [0.1, 0.15) is 0 Å². The minimum atomic E-state index is -0.719. The van der Waals surface area contributed by atoms with Gasteiger partial charge in [0.15, 0.2) is 0 Å². The fourth-order valence-corrected chi connectivity index (χ4v) is 2.79. The molecule has 0 aromatic carbocycles. The molecule has 0 amide bonds. The molecule has 1 aliphatic rings. The molecule has 1 aliphatic heterocycles. The zero-order valence-electron chi connectivity index (χ0n) is 12.4. The summed E-state index contributed by atoms with van der Waals surface area (Å²) in [5.74, 6) is -1.07. The highest BCUT2D eigenvalue weighted by Crippen LogP contribution is 2.20. The van der Waals surface area contributed by atoms with Crippen LogP contribution in [0.25, 0.3) is 0 Å². The Morgan fingerprint density at radius 3 is 2.47 bits per heavy atom. The number of aliphatic carboxylic acids is 1. The van der Waals surface area contributed by atoms with E-state index in [0.717, 1.165) is 13.1 Å². The van der Waals surface area contributed by atoms with Crippen molar-refractivity contribution in [3.8, 4) is 0 Å². The Balaban J connectivity index is 2.26. The number of carboxylic acids is 1. The lowest BCUT2D eigenvalue weighted by atomic mass is 10.0. The SMILES string of the molecule is CCCCCCCCN(CC)C1COCC1C(=O)O. The molecule has 1 heterocycles. The molecule has 0 spiro atoms. The standard InChI is InChI=1S/C15H29NO3/c1-3-5-6-7-8-9-10-16(4-2)14-12-19-11-13(14)15(17)18/h13-14H,3-12H2,1-2H3,(H,17,18). The second-order valence-electron chi connectivity index (χ2n) is 5.45. The highest BCUT2D eigenvalue weighted by Gasteiger charge is 2.37. The molecule has 2 unspecified atom stereocenters. The summed E-state index contributed by atoms with van der Waals surface area (Å²) in [7, 11) is 0. The second-order valence-corrected chi connectivity index (χ2v) is 5.45. The quantitative estimate of drug-likeness (QED) is 0.621. The first-order valence-corrected chi connectivity index (χ1v) is 7.75. The van der Waals surface area contributed by atoms with Crippen molar-refractivity contribution in [3.63, 3.8) is 0 Å². The summed E-state index contributed by atoms with van der Waals surface area (Å²) in [5, 5.41) is 9.19. The summed E-state index contributed by atoms with van der Waals surface area (Å²) in [6.45, 7) is 7.18. The zero-order valence-corrected chi connectivity index (χ0v) is 12.4. The predicted octanol–water partition coefficient (Wildman–Crippen LogP) is 2.77. The van der Waals surface area contributed by atoms with Crippen molar-refractivity contribution in [1.82, 2.24) is 4.90 Å². The van der Waals surface area contributed by atoms with E-state index >= 15 is 0 Å². The summed E-state index contributed by atoms with van der Waals surface area (Å²) in [6, 6.07) is 0.0677. The average Bonchev–Trinajstić information content (AvgIpc) is 2.87. The number of hydrogen-bond acceptors (Lipinski definition) is 3. The molecule has 0 aromatic heterocycles. The van der Waals surface area contributed by atoms with Gasteiger partial charge in [-0.05, 0) is 19.5 Å². The molecule has 0 saturated carbocycles. The van der Waals surface area contributed by atoms with Crippen molar-refractivity contribution < 1.29 is 14.6 Å². The van der Waals surface area contributed by atoms with E-state index in [-0.39, 0.29) is 12.0 Å². The molecule has 0 aromatic rings. The largest absolute Gasteiger partial charge is 0.481 e. The molecule has 0 radical (unpaired) electrons. The number of unbranched alkanes of at least 4 members (excludes halogenated alkanes) is 5. The minimum absolute atomic E-state index is 0.0677. The number of ether oxygens (including phenoxy) is 1. The lowest BCUT2D eigenvalue weighted by Crippen LogP contribution is -2.43. The van der Waals surface area contributed by atoms with Crippen LogP contribution in [0.5, 0.6) is 0 Å². The first kappa shape index (κ1) is 16.4. The Bertz CT molecular complexity index is 258. The van der Waals surface area contributed by atoms with Gasteiger partial charge in [-0.1, -0.05) is 46.0 Å². The van der Waals surface area contributed by atoms with Crippen LogP contribution in [-0.2, 0) is 9.53 Å². The topological polar surface area (TPSA) is 49.8 Å². The fraction of sp³-hybridized carbons (Fsp3) is 0.933. The Morgan fingerprint density at radius 2 is 1.84 bits per heavy atom. The van der Waals surface area contributed by atoms with Gasteiger partial charge in [-0.25, -0.2) is 0 Å². The average molecular weight is 271 g/mol. The minimum Gasteiger partial charge on any atom is -0.481 e. The molecular formula is C15H29NO3. The van der Waals surface area contributed by atoms with Crippen molar-refractivity contribution in [3.05, 3.63) is 0 Å². The van der Waals surface area contributed by atoms with E-state index in [1.807, 2.05) is 0 Å². The van der Waals surface area contributed by atoms with Crippen LogP contribution in [0.3, 0.4) is 0 Å². The Labute approximate surface area is 117 Å². The zero-order chi connectivity index (χ0) is 14.1. The first-order chi connectivity index (χ1) is 9.20. The van der Waals surface area contributed by atoms with Crippen LogP contribution in [0.1, 0.15) is 52.4 Å². The Morgan fingerprint density at radius 1 is 1.16 bits per heavy atom. The van der Waals surface area contributed by atoms with Gasteiger partial charge in [-0.2, -0.15) is 0 Å². The fourth-order valence-electron chi connectivity index (χ4n) is 2.79. The van der Waals surface area contributed by atoms with Crippen LogP contribution in [0.2, 0.25) is 0 Å². The highest BCUT2D eigenvalue weighted by atomic mass is 16.5. The lowest BCUT2D eigenvalue weighted by molar-refractivity contribution is -0.143. The molecule has 19 heavy (non-hydrogen) atoms. The third-order valence-corrected chi connectivity index (χ3v) is 4.04. The van der Waals surface area contributed by atoms with Crippen molar-refractivity contribution >= 4 is 5.97 Å². The highest BCUT2D eigenvalue weighted by molar-refractivity contribution is 5.71. The summed E-state index contributed by atoms with van der Waals surface area (Å²) < 4.78 is 5.35. The smallest absolute Gasteiger partial charge is 0.310 e. The summed E-state index contributed by atoms with van der Waals surface area (Å²) in [6.07, 6.45) is 7.65. The van der Waals surface area contributed by atoms with E-state index in [9.17, 15) is 9.90 Å². The molecular weight excluding hydrogens is 242 g/mol. The van der Waals surface area contributed by atoms with Gasteiger partial charge < -0.3 is 9.84 Å². The summed E-state index contributed by atoms with van der Waals surface area (Å²) in [5.41, 5.74) is 0. The predicted molar refractivity (Wildman–Crippen MR) is 76.4 cm³/mol. The second kappa shape index (κ2) is 9.32. The molecule has 1 rings (SSSR count).